The molecule has 0 atom stereocenters. The van der Waals surface area contributed by atoms with E-state index in [4.69, 9.17) is 29.0 Å². The number of nitrogens with one attached hydrogen (secondary N) is 2. The van der Waals surface area contributed by atoms with Gasteiger partial charge < -0.3 is 5.43 Å². The number of nitrogen functional groups attached to an aromatic ring is 1. The van der Waals surface area contributed by atoms with E-state index in [1.807, 2.05) is 0 Å². The van der Waals surface area contributed by atoms with Crippen LogP contribution in [0, 0.1) is 5.82 Å². The van der Waals surface area contributed by atoms with Gasteiger partial charge in [-0.2, -0.15) is 0 Å². The fraction of sp³-hybridized carbons (Fsp3) is 0. The van der Waals surface area contributed by atoms with Crippen LogP contribution in [-0.2, 0) is 10.0 Å². The zero-order valence-corrected chi connectivity index (χ0v) is 12.6. The Kier molecular flexibility index (Phi) is 4.52. The zero-order valence-electron chi connectivity index (χ0n) is 10.3. The molecule has 1 aromatic carbocycles. The standard InChI is InChI=1S/C11H9Cl2FN4O2S/c12-6-1-2-10(9(14)3-6)18-21(19,20)7-4-8(13)11(17-15)16-5-7/h1-5,18H,15H2,(H,16,17). The second kappa shape index (κ2) is 6.02. The molecule has 0 aliphatic carbocycles. The lowest BCUT2D eigenvalue weighted by Crippen LogP contribution is -2.15. The van der Waals surface area contributed by atoms with E-state index >= 15 is 0 Å². The Morgan fingerprint density at radius 1 is 1.24 bits per heavy atom. The number of pyridine rings is 1. The van der Waals surface area contributed by atoms with Gasteiger partial charge in [0, 0.05) is 11.2 Å². The molecule has 0 unspecified atom stereocenters. The van der Waals surface area contributed by atoms with Crippen molar-refractivity contribution in [2.75, 3.05) is 10.1 Å². The van der Waals surface area contributed by atoms with Crippen molar-refractivity contribution < 1.29 is 12.8 Å². The fourth-order valence-corrected chi connectivity index (χ4v) is 2.93. The number of benzene rings is 1. The molecule has 2 rings (SSSR count). The summed E-state index contributed by atoms with van der Waals surface area (Å²) in [6.07, 6.45) is 1.04. The molecule has 10 heteroatoms. The molecular weight excluding hydrogens is 342 g/mol. The monoisotopic (exact) mass is 350 g/mol. The maximum atomic E-state index is 13.6. The van der Waals surface area contributed by atoms with Crippen LogP contribution < -0.4 is 16.0 Å². The van der Waals surface area contributed by atoms with Crippen LogP contribution in [-0.4, -0.2) is 13.4 Å². The largest absolute Gasteiger partial charge is 0.307 e. The highest BCUT2D eigenvalue weighted by molar-refractivity contribution is 7.92. The molecule has 0 amide bonds. The third kappa shape index (κ3) is 3.53. The Hall–Kier alpha value is -1.61. The number of hydrogen-bond donors (Lipinski definition) is 3. The average molecular weight is 351 g/mol. The van der Waals surface area contributed by atoms with E-state index in [-0.39, 0.29) is 26.4 Å². The molecule has 1 heterocycles. The summed E-state index contributed by atoms with van der Waals surface area (Å²) in [5.74, 6) is 4.46. The van der Waals surface area contributed by atoms with E-state index in [0.717, 1.165) is 18.3 Å². The normalized spacial score (nSPS) is 11.2. The smallest absolute Gasteiger partial charge is 0.263 e. The van der Waals surface area contributed by atoms with Crippen molar-refractivity contribution in [3.63, 3.8) is 0 Å². The fourth-order valence-electron chi connectivity index (χ4n) is 1.45. The zero-order chi connectivity index (χ0) is 15.6. The molecule has 0 aliphatic heterocycles. The highest BCUT2D eigenvalue weighted by atomic mass is 35.5. The van der Waals surface area contributed by atoms with Gasteiger partial charge in [0.2, 0.25) is 0 Å². The molecule has 1 aromatic heterocycles. The molecule has 21 heavy (non-hydrogen) atoms. The molecular formula is C11H9Cl2FN4O2S. The Labute approximate surface area is 130 Å². The van der Waals surface area contributed by atoms with Gasteiger partial charge in [-0.25, -0.2) is 23.6 Å². The molecule has 0 fully saturated rings. The first-order valence-corrected chi connectivity index (χ1v) is 7.67. The number of sulfonamides is 1. The maximum absolute atomic E-state index is 13.6. The molecule has 2 aromatic rings. The number of halogens is 3. The Morgan fingerprint density at radius 3 is 2.52 bits per heavy atom. The lowest BCUT2D eigenvalue weighted by atomic mass is 10.3. The van der Waals surface area contributed by atoms with Crippen molar-refractivity contribution in [2.24, 2.45) is 5.84 Å². The molecule has 6 nitrogen and oxygen atoms in total. The van der Waals surface area contributed by atoms with Crippen LogP contribution in [0.5, 0.6) is 0 Å². The Balaban J connectivity index is 2.36. The summed E-state index contributed by atoms with van der Waals surface area (Å²) in [5, 5.41) is 0.162. The minimum Gasteiger partial charge on any atom is -0.307 e. The summed E-state index contributed by atoms with van der Waals surface area (Å²) >= 11 is 11.4. The summed E-state index contributed by atoms with van der Waals surface area (Å²) in [6.45, 7) is 0. The van der Waals surface area contributed by atoms with E-state index in [9.17, 15) is 12.8 Å². The van der Waals surface area contributed by atoms with E-state index in [2.05, 4.69) is 15.1 Å². The van der Waals surface area contributed by atoms with Gasteiger partial charge in [0.1, 0.15) is 10.7 Å². The summed E-state index contributed by atoms with van der Waals surface area (Å²) in [7, 11) is -4.04. The first-order chi connectivity index (χ1) is 9.83. The Bertz CT molecular complexity index is 786. The predicted molar refractivity (Wildman–Crippen MR) is 79.3 cm³/mol. The van der Waals surface area contributed by atoms with Crippen molar-refractivity contribution in [1.29, 1.82) is 0 Å². The molecule has 0 radical (unpaired) electrons. The minimum atomic E-state index is -4.04. The number of hydrazine groups is 1. The maximum Gasteiger partial charge on any atom is 0.263 e. The third-order valence-electron chi connectivity index (χ3n) is 2.44. The number of anilines is 2. The lowest BCUT2D eigenvalue weighted by molar-refractivity contribution is 0.598. The SMILES string of the molecule is NNc1ncc(S(=O)(=O)Nc2ccc(Cl)cc2F)cc1Cl. The first kappa shape index (κ1) is 15.8. The van der Waals surface area contributed by atoms with Gasteiger partial charge in [-0.15, -0.1) is 0 Å². The molecule has 0 bridgehead atoms. The highest BCUT2D eigenvalue weighted by Crippen LogP contribution is 2.25. The van der Waals surface area contributed by atoms with Crippen molar-refractivity contribution >= 4 is 44.7 Å². The van der Waals surface area contributed by atoms with Gasteiger partial charge in [0.15, 0.2) is 5.82 Å². The number of hydrogen-bond acceptors (Lipinski definition) is 5. The summed E-state index contributed by atoms with van der Waals surface area (Å²) < 4.78 is 40.0. The van der Waals surface area contributed by atoms with Gasteiger partial charge in [-0.3, -0.25) is 4.72 Å². The first-order valence-electron chi connectivity index (χ1n) is 5.43. The van der Waals surface area contributed by atoms with Crippen molar-refractivity contribution in [3.8, 4) is 0 Å². The summed E-state index contributed by atoms with van der Waals surface area (Å²) in [5.41, 5.74) is 1.97. The van der Waals surface area contributed by atoms with Crippen LogP contribution in [0.1, 0.15) is 0 Å². The van der Waals surface area contributed by atoms with E-state index in [1.165, 1.54) is 12.1 Å². The quantitative estimate of drug-likeness (QED) is 0.581. The van der Waals surface area contributed by atoms with Gasteiger partial charge in [0.25, 0.3) is 10.0 Å². The topological polar surface area (TPSA) is 97.1 Å². The van der Waals surface area contributed by atoms with Gasteiger partial charge >= 0.3 is 0 Å². The third-order valence-corrected chi connectivity index (χ3v) is 4.29. The average Bonchev–Trinajstić information content (AvgIpc) is 2.42. The van der Waals surface area contributed by atoms with Crippen LogP contribution in [0.25, 0.3) is 0 Å². The lowest BCUT2D eigenvalue weighted by Gasteiger charge is -2.10. The summed E-state index contributed by atoms with van der Waals surface area (Å²) in [6, 6.07) is 4.70. The van der Waals surface area contributed by atoms with Gasteiger partial charge in [-0.1, -0.05) is 23.2 Å². The van der Waals surface area contributed by atoms with Crippen molar-refractivity contribution in [2.45, 2.75) is 4.90 Å². The predicted octanol–water partition coefficient (Wildman–Crippen LogP) is 2.61. The minimum absolute atomic E-state index is 0.0111. The number of aromatic nitrogens is 1. The van der Waals surface area contributed by atoms with Gasteiger partial charge in [-0.05, 0) is 24.3 Å². The molecule has 0 saturated heterocycles. The summed E-state index contributed by atoms with van der Waals surface area (Å²) in [4.78, 5) is 3.50. The molecule has 0 spiro atoms. The number of rotatable bonds is 4. The van der Waals surface area contributed by atoms with E-state index < -0.39 is 15.8 Å². The van der Waals surface area contributed by atoms with Crippen molar-refractivity contribution in [3.05, 3.63) is 46.3 Å². The second-order valence-corrected chi connectivity index (χ2v) is 6.40. The Morgan fingerprint density at radius 2 is 1.95 bits per heavy atom. The van der Waals surface area contributed by atoms with Gasteiger partial charge in [0.05, 0.1) is 10.7 Å². The number of nitrogens with two attached hydrogens (primary N) is 1. The van der Waals surface area contributed by atoms with Crippen LogP contribution >= 0.6 is 23.2 Å². The number of nitrogens with zero attached hydrogens (tertiary/aromatic N) is 1. The van der Waals surface area contributed by atoms with Crippen LogP contribution in [0.4, 0.5) is 15.9 Å². The second-order valence-electron chi connectivity index (χ2n) is 3.88. The van der Waals surface area contributed by atoms with E-state index in [0.29, 0.717) is 0 Å². The van der Waals surface area contributed by atoms with Crippen LogP contribution in [0.2, 0.25) is 10.0 Å². The molecule has 112 valence electrons. The van der Waals surface area contributed by atoms with Crippen molar-refractivity contribution in [1.82, 2.24) is 4.98 Å². The molecule has 0 saturated carbocycles. The molecule has 0 aliphatic rings. The van der Waals surface area contributed by atoms with Crippen LogP contribution in [0.3, 0.4) is 0 Å². The van der Waals surface area contributed by atoms with Crippen LogP contribution in [0.15, 0.2) is 35.4 Å². The highest BCUT2D eigenvalue weighted by Gasteiger charge is 2.18. The molecule has 4 N–H and O–H groups in total. The van der Waals surface area contributed by atoms with E-state index in [1.54, 1.807) is 0 Å².